The molecular formula is C18H20FN3O3. The summed E-state index contributed by atoms with van der Waals surface area (Å²) < 4.78 is 24.5. The van der Waals surface area contributed by atoms with E-state index in [4.69, 9.17) is 9.47 Å². The average molecular weight is 345 g/mol. The Hall–Kier alpha value is -2.54. The molecule has 6 nitrogen and oxygen atoms in total. The number of para-hydroxylation sites is 1. The van der Waals surface area contributed by atoms with Gasteiger partial charge in [-0.1, -0.05) is 12.1 Å². The molecule has 1 amide bonds. The lowest BCUT2D eigenvalue weighted by Crippen LogP contribution is -2.39. The number of benzene rings is 1. The Balaban J connectivity index is 1.56. The van der Waals surface area contributed by atoms with E-state index in [1.807, 2.05) is 6.07 Å². The lowest BCUT2D eigenvalue weighted by molar-refractivity contribution is -0.133. The number of hydrogen-bond donors (Lipinski definition) is 0. The van der Waals surface area contributed by atoms with E-state index in [1.165, 1.54) is 18.5 Å². The minimum Gasteiger partial charge on any atom is -0.481 e. The molecular weight excluding hydrogens is 325 g/mol. The summed E-state index contributed by atoms with van der Waals surface area (Å²) in [4.78, 5) is 22.3. The Kier molecular flexibility index (Phi) is 5.90. The largest absolute Gasteiger partial charge is 0.481 e. The van der Waals surface area contributed by atoms with E-state index in [0.717, 1.165) is 5.69 Å². The molecule has 2 heterocycles. The minimum atomic E-state index is -0.476. The summed E-state index contributed by atoms with van der Waals surface area (Å²) in [5, 5.41) is 0. The lowest BCUT2D eigenvalue weighted by Gasteiger charge is -2.23. The van der Waals surface area contributed by atoms with Crippen LogP contribution in [0.3, 0.4) is 0 Å². The van der Waals surface area contributed by atoms with Gasteiger partial charge in [0.15, 0.2) is 18.2 Å². The molecule has 0 aliphatic carbocycles. The Bertz CT molecular complexity index is 699. The molecule has 1 unspecified atom stereocenters. The van der Waals surface area contributed by atoms with Crippen molar-refractivity contribution in [1.29, 1.82) is 0 Å². The first-order valence-electron chi connectivity index (χ1n) is 8.20. The predicted molar refractivity (Wildman–Crippen MR) is 88.5 cm³/mol. The molecule has 132 valence electrons. The number of carbonyl (C=O) groups excluding carboxylic acids is 1. The van der Waals surface area contributed by atoms with Crippen molar-refractivity contribution in [3.63, 3.8) is 0 Å². The standard InChI is InChI=1S/C18H20FN3O3/c19-16-3-1-2-4-17(16)25-12-18(23)22-7-8-24-11-14(10-22)9-15-5-6-20-13-21-15/h1-6,13-14H,7-12H2. The van der Waals surface area contributed by atoms with Gasteiger partial charge >= 0.3 is 0 Å². The number of rotatable bonds is 5. The number of halogens is 1. The molecule has 1 aliphatic rings. The van der Waals surface area contributed by atoms with Gasteiger partial charge in [-0.3, -0.25) is 4.79 Å². The van der Waals surface area contributed by atoms with Crippen LogP contribution in [-0.2, 0) is 16.0 Å². The van der Waals surface area contributed by atoms with Crippen molar-refractivity contribution in [1.82, 2.24) is 14.9 Å². The second-order valence-corrected chi connectivity index (χ2v) is 5.90. The molecule has 1 saturated heterocycles. The maximum Gasteiger partial charge on any atom is 0.260 e. The van der Waals surface area contributed by atoms with Crippen LogP contribution in [0.25, 0.3) is 0 Å². The highest BCUT2D eigenvalue weighted by Crippen LogP contribution is 2.16. The number of nitrogens with zero attached hydrogens (tertiary/aromatic N) is 3. The molecule has 0 N–H and O–H groups in total. The maximum absolute atomic E-state index is 13.6. The molecule has 25 heavy (non-hydrogen) atoms. The van der Waals surface area contributed by atoms with Gasteiger partial charge in [0.2, 0.25) is 0 Å². The fraction of sp³-hybridized carbons (Fsp3) is 0.389. The van der Waals surface area contributed by atoms with Gasteiger partial charge in [0.25, 0.3) is 5.91 Å². The molecule has 3 rings (SSSR count). The molecule has 0 spiro atoms. The van der Waals surface area contributed by atoms with Gasteiger partial charge in [0.05, 0.1) is 13.2 Å². The molecule has 1 aromatic carbocycles. The Morgan fingerprint density at radius 2 is 2.24 bits per heavy atom. The third kappa shape index (κ3) is 4.96. The fourth-order valence-corrected chi connectivity index (χ4v) is 2.76. The van der Waals surface area contributed by atoms with Crippen LogP contribution in [0.1, 0.15) is 5.69 Å². The van der Waals surface area contributed by atoms with Crippen molar-refractivity contribution in [2.75, 3.05) is 32.9 Å². The minimum absolute atomic E-state index is 0.0828. The third-order valence-electron chi connectivity index (χ3n) is 4.02. The van der Waals surface area contributed by atoms with Gasteiger partial charge in [-0.25, -0.2) is 14.4 Å². The van der Waals surface area contributed by atoms with Gasteiger partial charge in [-0.15, -0.1) is 0 Å². The van der Waals surface area contributed by atoms with E-state index in [-0.39, 0.29) is 24.2 Å². The van der Waals surface area contributed by atoms with Crippen LogP contribution in [0.5, 0.6) is 5.75 Å². The first-order chi connectivity index (χ1) is 12.2. The molecule has 0 bridgehead atoms. The zero-order valence-corrected chi connectivity index (χ0v) is 13.8. The van der Waals surface area contributed by atoms with Crippen molar-refractivity contribution in [3.8, 4) is 5.75 Å². The van der Waals surface area contributed by atoms with Crippen LogP contribution < -0.4 is 4.74 Å². The number of aromatic nitrogens is 2. The third-order valence-corrected chi connectivity index (χ3v) is 4.02. The van der Waals surface area contributed by atoms with E-state index in [1.54, 1.807) is 23.2 Å². The maximum atomic E-state index is 13.6. The Morgan fingerprint density at radius 1 is 1.36 bits per heavy atom. The van der Waals surface area contributed by atoms with E-state index >= 15 is 0 Å². The topological polar surface area (TPSA) is 64.5 Å². The predicted octanol–water partition coefficient (Wildman–Crippen LogP) is 1.71. The fourth-order valence-electron chi connectivity index (χ4n) is 2.76. The first kappa shape index (κ1) is 17.3. The molecule has 1 fully saturated rings. The van der Waals surface area contributed by atoms with Crippen LogP contribution >= 0.6 is 0 Å². The summed E-state index contributed by atoms with van der Waals surface area (Å²) >= 11 is 0. The normalized spacial score (nSPS) is 17.8. The van der Waals surface area contributed by atoms with Crippen molar-refractivity contribution in [2.24, 2.45) is 5.92 Å². The van der Waals surface area contributed by atoms with Crippen molar-refractivity contribution in [2.45, 2.75) is 6.42 Å². The molecule has 0 saturated carbocycles. The van der Waals surface area contributed by atoms with Crippen LogP contribution in [-0.4, -0.2) is 53.7 Å². The Labute approximate surface area is 145 Å². The monoisotopic (exact) mass is 345 g/mol. The van der Waals surface area contributed by atoms with Crippen LogP contribution in [0, 0.1) is 11.7 Å². The van der Waals surface area contributed by atoms with Gasteiger partial charge in [-0.2, -0.15) is 0 Å². The second kappa shape index (κ2) is 8.53. The van der Waals surface area contributed by atoms with Crippen LogP contribution in [0.2, 0.25) is 0 Å². The van der Waals surface area contributed by atoms with Gasteiger partial charge in [0.1, 0.15) is 6.33 Å². The molecule has 1 aromatic heterocycles. The molecule has 1 aliphatic heterocycles. The number of hydrogen-bond acceptors (Lipinski definition) is 5. The highest BCUT2D eigenvalue weighted by molar-refractivity contribution is 5.77. The number of amides is 1. The molecule has 0 radical (unpaired) electrons. The van der Waals surface area contributed by atoms with Crippen LogP contribution in [0.4, 0.5) is 4.39 Å². The van der Waals surface area contributed by atoms with E-state index in [0.29, 0.717) is 32.7 Å². The summed E-state index contributed by atoms with van der Waals surface area (Å²) in [6.45, 7) is 1.91. The summed E-state index contributed by atoms with van der Waals surface area (Å²) in [7, 11) is 0. The summed E-state index contributed by atoms with van der Waals surface area (Å²) in [6, 6.07) is 7.91. The van der Waals surface area contributed by atoms with Gasteiger partial charge in [-0.05, 0) is 24.6 Å². The highest BCUT2D eigenvalue weighted by atomic mass is 19.1. The van der Waals surface area contributed by atoms with Crippen molar-refractivity contribution in [3.05, 3.63) is 54.4 Å². The summed E-state index contributed by atoms with van der Waals surface area (Å²) in [5.41, 5.74) is 0.917. The van der Waals surface area contributed by atoms with Crippen molar-refractivity contribution < 1.29 is 18.7 Å². The molecule has 2 aromatic rings. The van der Waals surface area contributed by atoms with Crippen molar-refractivity contribution >= 4 is 5.91 Å². The quantitative estimate of drug-likeness (QED) is 0.825. The van der Waals surface area contributed by atoms with E-state index in [9.17, 15) is 9.18 Å². The first-order valence-corrected chi connectivity index (χ1v) is 8.20. The van der Waals surface area contributed by atoms with Gasteiger partial charge in [0, 0.05) is 30.9 Å². The number of ether oxygens (including phenoxy) is 2. The zero-order chi connectivity index (χ0) is 17.5. The second-order valence-electron chi connectivity index (χ2n) is 5.90. The Morgan fingerprint density at radius 3 is 3.04 bits per heavy atom. The summed E-state index contributed by atoms with van der Waals surface area (Å²) in [5.74, 6) is -0.424. The highest BCUT2D eigenvalue weighted by Gasteiger charge is 2.23. The zero-order valence-electron chi connectivity index (χ0n) is 13.8. The van der Waals surface area contributed by atoms with E-state index in [2.05, 4.69) is 9.97 Å². The molecule has 7 heteroatoms. The molecule has 1 atom stereocenters. The van der Waals surface area contributed by atoms with Crippen LogP contribution in [0.15, 0.2) is 42.9 Å². The lowest BCUT2D eigenvalue weighted by atomic mass is 10.0. The average Bonchev–Trinajstić information content (AvgIpc) is 2.87. The summed E-state index contributed by atoms with van der Waals surface area (Å²) in [6.07, 6.45) is 3.92. The SMILES string of the molecule is O=C(COc1ccccc1F)N1CCOCC(Cc2ccncn2)C1. The number of carbonyl (C=O) groups is 1. The van der Waals surface area contributed by atoms with Gasteiger partial charge < -0.3 is 14.4 Å². The van der Waals surface area contributed by atoms with E-state index < -0.39 is 5.82 Å². The smallest absolute Gasteiger partial charge is 0.260 e.